The van der Waals surface area contributed by atoms with Gasteiger partial charge in [0.05, 0.1) is 21.3 Å². The van der Waals surface area contributed by atoms with Crippen LogP contribution in [0.5, 0.6) is 17.2 Å². The van der Waals surface area contributed by atoms with Crippen LogP contribution in [-0.4, -0.2) is 72.0 Å². The van der Waals surface area contributed by atoms with Gasteiger partial charge in [-0.1, -0.05) is 23.7 Å². The van der Waals surface area contributed by atoms with Crippen molar-refractivity contribution >= 4 is 23.2 Å². The zero-order chi connectivity index (χ0) is 22.2. The largest absolute Gasteiger partial charge is 0.493 e. The topological polar surface area (TPSA) is 58.6 Å². The predicted molar refractivity (Wildman–Crippen MR) is 126 cm³/mol. The van der Waals surface area contributed by atoms with Crippen LogP contribution >= 0.6 is 11.6 Å². The molecule has 0 spiro atoms. The highest BCUT2D eigenvalue weighted by Gasteiger charge is 2.20. The zero-order valence-corrected chi connectivity index (χ0v) is 19.4. The molecule has 168 valence electrons. The lowest BCUT2D eigenvalue weighted by molar-refractivity contribution is 0.322. The van der Waals surface area contributed by atoms with E-state index in [-0.39, 0.29) is 0 Å². The zero-order valence-electron chi connectivity index (χ0n) is 18.7. The van der Waals surface area contributed by atoms with E-state index < -0.39 is 0 Å². The number of methoxy groups -OCH3 is 3. The number of guanidine groups is 1. The van der Waals surface area contributed by atoms with Crippen LogP contribution in [-0.2, 0) is 6.42 Å². The molecule has 2 aromatic rings. The van der Waals surface area contributed by atoms with Gasteiger partial charge in [0.1, 0.15) is 0 Å². The van der Waals surface area contributed by atoms with Gasteiger partial charge in [0.15, 0.2) is 17.5 Å². The first-order valence-corrected chi connectivity index (χ1v) is 10.7. The van der Waals surface area contributed by atoms with Gasteiger partial charge >= 0.3 is 0 Å². The third kappa shape index (κ3) is 5.47. The number of ether oxygens (including phenoxy) is 3. The van der Waals surface area contributed by atoms with Crippen LogP contribution in [0.15, 0.2) is 41.4 Å². The van der Waals surface area contributed by atoms with Crippen LogP contribution < -0.4 is 24.4 Å². The van der Waals surface area contributed by atoms with E-state index in [0.717, 1.165) is 61.4 Å². The van der Waals surface area contributed by atoms with Crippen LogP contribution in [0, 0.1) is 0 Å². The van der Waals surface area contributed by atoms with E-state index in [0.29, 0.717) is 17.2 Å². The minimum absolute atomic E-state index is 0.615. The van der Waals surface area contributed by atoms with Gasteiger partial charge < -0.3 is 29.3 Å². The molecule has 8 heteroatoms. The van der Waals surface area contributed by atoms with Gasteiger partial charge in [-0.2, -0.15) is 0 Å². The Bertz CT molecular complexity index is 898. The Labute approximate surface area is 189 Å². The second-order valence-corrected chi connectivity index (χ2v) is 7.61. The van der Waals surface area contributed by atoms with Crippen molar-refractivity contribution in [1.82, 2.24) is 10.2 Å². The number of nitrogens with one attached hydrogen (secondary N) is 1. The van der Waals surface area contributed by atoms with E-state index >= 15 is 0 Å². The fourth-order valence-corrected chi connectivity index (χ4v) is 4.04. The number of rotatable bonds is 7. The highest BCUT2D eigenvalue weighted by atomic mass is 35.5. The summed E-state index contributed by atoms with van der Waals surface area (Å²) >= 11 is 6.14. The maximum Gasteiger partial charge on any atom is 0.203 e. The number of hydrogen-bond donors (Lipinski definition) is 1. The summed E-state index contributed by atoms with van der Waals surface area (Å²) in [6.45, 7) is 4.36. The van der Waals surface area contributed by atoms with Gasteiger partial charge in [-0.15, -0.1) is 0 Å². The first-order valence-electron chi connectivity index (χ1n) is 10.3. The van der Waals surface area contributed by atoms with E-state index in [9.17, 15) is 0 Å². The molecular formula is C23H31ClN4O3. The summed E-state index contributed by atoms with van der Waals surface area (Å²) < 4.78 is 16.4. The average Bonchev–Trinajstić information content (AvgIpc) is 2.81. The maximum absolute atomic E-state index is 6.14. The Kier molecular flexibility index (Phi) is 8.12. The lowest BCUT2D eigenvalue weighted by atomic mass is 10.1. The summed E-state index contributed by atoms with van der Waals surface area (Å²) in [5.41, 5.74) is 2.21. The highest BCUT2D eigenvalue weighted by Crippen LogP contribution is 2.39. The van der Waals surface area contributed by atoms with Crippen molar-refractivity contribution < 1.29 is 14.2 Å². The number of anilines is 1. The van der Waals surface area contributed by atoms with E-state index in [4.69, 9.17) is 25.8 Å². The van der Waals surface area contributed by atoms with E-state index in [1.54, 1.807) is 21.3 Å². The Morgan fingerprint density at radius 3 is 2.35 bits per heavy atom. The predicted octanol–water partition coefficient (Wildman–Crippen LogP) is 3.31. The van der Waals surface area contributed by atoms with Crippen molar-refractivity contribution in [2.45, 2.75) is 6.42 Å². The first-order chi connectivity index (χ1) is 15.1. The fraction of sp³-hybridized carbons (Fsp3) is 0.435. The minimum atomic E-state index is 0.615. The van der Waals surface area contributed by atoms with Crippen LogP contribution in [0.2, 0.25) is 5.02 Å². The number of halogens is 1. The summed E-state index contributed by atoms with van der Waals surface area (Å²) in [4.78, 5) is 9.11. The summed E-state index contributed by atoms with van der Waals surface area (Å²) in [6, 6.07) is 11.9. The Balaban J connectivity index is 1.56. The van der Waals surface area contributed by atoms with Gasteiger partial charge in [-0.05, 0) is 30.7 Å². The van der Waals surface area contributed by atoms with Crippen molar-refractivity contribution in [3.63, 3.8) is 0 Å². The molecule has 0 aromatic heterocycles. The molecule has 1 aliphatic heterocycles. The fourth-order valence-electron chi connectivity index (χ4n) is 3.85. The molecule has 0 atom stereocenters. The SMILES string of the molecule is CN=C(NCCc1ccc(OC)c(OC)c1OC)N1CCN(c2cccc(Cl)c2)CC1. The number of nitrogens with zero attached hydrogens (tertiary/aromatic N) is 3. The normalized spacial score (nSPS) is 14.4. The van der Waals surface area contributed by atoms with Crippen LogP contribution in [0.4, 0.5) is 5.69 Å². The van der Waals surface area contributed by atoms with Gasteiger partial charge in [-0.25, -0.2) is 0 Å². The molecule has 1 N–H and O–H groups in total. The quantitative estimate of drug-likeness (QED) is 0.520. The average molecular weight is 447 g/mol. The monoisotopic (exact) mass is 446 g/mol. The summed E-state index contributed by atoms with van der Waals surface area (Å²) in [7, 11) is 6.71. The molecule has 0 unspecified atom stereocenters. The third-order valence-electron chi connectivity index (χ3n) is 5.43. The molecule has 1 heterocycles. The summed E-state index contributed by atoms with van der Waals surface area (Å²) in [5.74, 6) is 2.88. The number of piperazine rings is 1. The molecule has 0 aliphatic carbocycles. The summed E-state index contributed by atoms with van der Waals surface area (Å²) in [6.07, 6.45) is 0.769. The van der Waals surface area contributed by atoms with Crippen molar-refractivity contribution in [2.75, 3.05) is 66.0 Å². The first kappa shape index (κ1) is 22.9. The molecule has 1 saturated heterocycles. The van der Waals surface area contributed by atoms with E-state index in [2.05, 4.69) is 26.2 Å². The molecule has 31 heavy (non-hydrogen) atoms. The minimum Gasteiger partial charge on any atom is -0.493 e. The Morgan fingerprint density at radius 1 is 1.00 bits per heavy atom. The van der Waals surface area contributed by atoms with Crippen molar-refractivity contribution in [2.24, 2.45) is 4.99 Å². The van der Waals surface area contributed by atoms with Gasteiger partial charge in [0.2, 0.25) is 5.75 Å². The molecule has 0 bridgehead atoms. The molecular weight excluding hydrogens is 416 g/mol. The van der Waals surface area contributed by atoms with Crippen LogP contribution in [0.1, 0.15) is 5.56 Å². The molecule has 3 rings (SSSR count). The highest BCUT2D eigenvalue weighted by molar-refractivity contribution is 6.30. The third-order valence-corrected chi connectivity index (χ3v) is 5.66. The van der Waals surface area contributed by atoms with Crippen molar-refractivity contribution in [3.05, 3.63) is 47.0 Å². The van der Waals surface area contributed by atoms with E-state index in [1.807, 2.05) is 37.4 Å². The molecule has 0 radical (unpaired) electrons. The number of aliphatic imine (C=N–C) groups is 1. The van der Waals surface area contributed by atoms with Crippen LogP contribution in [0.3, 0.4) is 0 Å². The van der Waals surface area contributed by atoms with Crippen molar-refractivity contribution in [3.8, 4) is 17.2 Å². The van der Waals surface area contributed by atoms with Gasteiger partial charge in [-0.3, -0.25) is 4.99 Å². The molecule has 1 aliphatic rings. The molecule has 0 amide bonds. The second kappa shape index (κ2) is 11.0. The second-order valence-electron chi connectivity index (χ2n) is 7.17. The number of benzene rings is 2. The Morgan fingerprint density at radius 2 is 1.74 bits per heavy atom. The molecule has 1 fully saturated rings. The lowest BCUT2D eigenvalue weighted by Gasteiger charge is -2.37. The molecule has 7 nitrogen and oxygen atoms in total. The maximum atomic E-state index is 6.14. The van der Waals surface area contributed by atoms with Gasteiger partial charge in [0, 0.05) is 56.0 Å². The Hall–Kier alpha value is -2.80. The van der Waals surface area contributed by atoms with Gasteiger partial charge in [0.25, 0.3) is 0 Å². The number of hydrogen-bond acceptors (Lipinski definition) is 5. The molecule has 2 aromatic carbocycles. The van der Waals surface area contributed by atoms with Crippen molar-refractivity contribution in [1.29, 1.82) is 0 Å². The van der Waals surface area contributed by atoms with Crippen LogP contribution in [0.25, 0.3) is 0 Å². The lowest BCUT2D eigenvalue weighted by Crippen LogP contribution is -2.52. The van der Waals surface area contributed by atoms with E-state index in [1.165, 1.54) is 0 Å². The molecule has 0 saturated carbocycles. The summed E-state index contributed by atoms with van der Waals surface area (Å²) in [5, 5.41) is 4.24. The standard InChI is InChI=1S/C23H31ClN4O3/c1-25-23(28-14-12-27(13-15-28)19-7-5-6-18(24)16-19)26-11-10-17-8-9-20(29-2)22(31-4)21(17)30-3/h5-9,16H,10-15H2,1-4H3,(H,25,26). The smallest absolute Gasteiger partial charge is 0.203 e.